The van der Waals surface area contributed by atoms with Gasteiger partial charge in [-0.2, -0.15) is 0 Å². The first-order chi connectivity index (χ1) is 17.5. The van der Waals surface area contributed by atoms with Crippen molar-refractivity contribution in [2.45, 2.75) is 6.10 Å². The van der Waals surface area contributed by atoms with E-state index in [0.29, 0.717) is 53.1 Å². The Morgan fingerprint density at radius 1 is 0.972 bits per heavy atom. The first-order valence-corrected chi connectivity index (χ1v) is 11.8. The Hall–Kier alpha value is -3.52. The summed E-state index contributed by atoms with van der Waals surface area (Å²) >= 11 is 6.27. The van der Waals surface area contributed by atoms with E-state index in [1.165, 1.54) is 7.11 Å². The van der Waals surface area contributed by atoms with Crippen molar-refractivity contribution in [3.63, 3.8) is 0 Å². The number of aliphatic hydroxyl groups is 1. The monoisotopic (exact) mass is 511 g/mol. The summed E-state index contributed by atoms with van der Waals surface area (Å²) in [5, 5.41) is 13.8. The summed E-state index contributed by atoms with van der Waals surface area (Å²) in [6, 6.07) is 21.7. The SMILES string of the molecule is COC(=O)/C(=C/c1ccc(OCC(O)CNCCOc2ccccc2OC)cc1)c1ccccc1Cl. The predicted octanol–water partition coefficient (Wildman–Crippen LogP) is 4.47. The maximum absolute atomic E-state index is 12.3. The number of hydrogen-bond donors (Lipinski definition) is 2. The predicted molar refractivity (Wildman–Crippen MR) is 141 cm³/mol. The zero-order valence-corrected chi connectivity index (χ0v) is 21.0. The van der Waals surface area contributed by atoms with E-state index in [1.807, 2.05) is 42.5 Å². The Morgan fingerprint density at radius 3 is 2.36 bits per heavy atom. The van der Waals surface area contributed by atoms with Gasteiger partial charge in [-0.25, -0.2) is 4.79 Å². The van der Waals surface area contributed by atoms with Crippen LogP contribution in [-0.4, -0.2) is 57.7 Å². The van der Waals surface area contributed by atoms with Gasteiger partial charge in [-0.1, -0.05) is 54.1 Å². The van der Waals surface area contributed by atoms with Crippen LogP contribution in [-0.2, 0) is 9.53 Å². The van der Waals surface area contributed by atoms with Crippen molar-refractivity contribution >= 4 is 29.2 Å². The number of benzene rings is 3. The van der Waals surface area contributed by atoms with Crippen molar-refractivity contribution < 1.29 is 28.8 Å². The number of carbonyl (C=O) groups is 1. The number of hydrogen-bond acceptors (Lipinski definition) is 7. The van der Waals surface area contributed by atoms with Crippen LogP contribution in [0.15, 0.2) is 72.8 Å². The van der Waals surface area contributed by atoms with Crippen LogP contribution in [0.4, 0.5) is 0 Å². The minimum absolute atomic E-state index is 0.128. The molecule has 36 heavy (non-hydrogen) atoms. The highest BCUT2D eigenvalue weighted by Crippen LogP contribution is 2.27. The zero-order chi connectivity index (χ0) is 25.8. The lowest BCUT2D eigenvalue weighted by Crippen LogP contribution is -2.33. The lowest BCUT2D eigenvalue weighted by atomic mass is 10.0. The van der Waals surface area contributed by atoms with Gasteiger partial charge in [0, 0.05) is 23.7 Å². The van der Waals surface area contributed by atoms with Crippen LogP contribution in [0.25, 0.3) is 11.6 Å². The minimum Gasteiger partial charge on any atom is -0.493 e. The summed E-state index contributed by atoms with van der Waals surface area (Å²) in [6.45, 7) is 1.48. The topological polar surface area (TPSA) is 86.3 Å². The first kappa shape index (κ1) is 27.1. The van der Waals surface area contributed by atoms with E-state index in [-0.39, 0.29) is 6.61 Å². The van der Waals surface area contributed by atoms with Crippen LogP contribution < -0.4 is 19.5 Å². The van der Waals surface area contributed by atoms with Crippen molar-refractivity contribution in [3.05, 3.63) is 88.9 Å². The van der Waals surface area contributed by atoms with Gasteiger partial charge in [0.2, 0.25) is 0 Å². The highest BCUT2D eigenvalue weighted by atomic mass is 35.5. The van der Waals surface area contributed by atoms with Gasteiger partial charge in [0.05, 0.1) is 19.8 Å². The molecule has 190 valence electrons. The number of esters is 1. The lowest BCUT2D eigenvalue weighted by Gasteiger charge is -2.14. The second-order valence-electron chi connectivity index (χ2n) is 7.77. The first-order valence-electron chi connectivity index (χ1n) is 11.4. The Balaban J connectivity index is 1.46. The number of para-hydroxylation sites is 2. The summed E-state index contributed by atoms with van der Waals surface area (Å²) in [5.74, 6) is 1.47. The molecule has 3 aromatic carbocycles. The molecule has 0 radical (unpaired) electrons. The van der Waals surface area contributed by atoms with E-state index in [2.05, 4.69) is 5.32 Å². The van der Waals surface area contributed by atoms with E-state index in [4.69, 9.17) is 30.5 Å². The molecule has 0 amide bonds. The van der Waals surface area contributed by atoms with Gasteiger partial charge in [-0.05, 0) is 42.0 Å². The molecule has 0 fully saturated rings. The molecule has 3 aromatic rings. The molecule has 0 aromatic heterocycles. The summed E-state index contributed by atoms with van der Waals surface area (Å²) < 4.78 is 21.6. The average molecular weight is 512 g/mol. The maximum Gasteiger partial charge on any atom is 0.338 e. The fraction of sp³-hybridized carbons (Fsp3) is 0.250. The molecule has 0 saturated heterocycles. The number of ether oxygens (including phenoxy) is 4. The van der Waals surface area contributed by atoms with Crippen LogP contribution in [0.1, 0.15) is 11.1 Å². The number of nitrogens with one attached hydrogen (secondary N) is 1. The highest BCUT2D eigenvalue weighted by molar-refractivity contribution is 6.35. The van der Waals surface area contributed by atoms with Crippen molar-refractivity contribution in [2.75, 3.05) is 40.5 Å². The molecular formula is C28H30ClNO6. The smallest absolute Gasteiger partial charge is 0.338 e. The fourth-order valence-electron chi connectivity index (χ4n) is 3.35. The molecule has 1 unspecified atom stereocenters. The molecule has 2 N–H and O–H groups in total. The van der Waals surface area contributed by atoms with Crippen molar-refractivity contribution in [1.82, 2.24) is 5.32 Å². The molecule has 8 heteroatoms. The number of methoxy groups -OCH3 is 2. The maximum atomic E-state index is 12.3. The quantitative estimate of drug-likeness (QED) is 0.151. The molecule has 0 aliphatic rings. The molecule has 0 aliphatic heterocycles. The highest BCUT2D eigenvalue weighted by Gasteiger charge is 2.15. The molecule has 0 bridgehead atoms. The number of carbonyl (C=O) groups excluding carboxylic acids is 1. The van der Waals surface area contributed by atoms with Gasteiger partial charge in [-0.3, -0.25) is 0 Å². The van der Waals surface area contributed by atoms with Crippen molar-refractivity contribution in [3.8, 4) is 17.2 Å². The summed E-state index contributed by atoms with van der Waals surface area (Å²) in [7, 11) is 2.93. The van der Waals surface area contributed by atoms with E-state index in [0.717, 1.165) is 5.56 Å². The third-order valence-electron chi connectivity index (χ3n) is 5.19. The summed E-state index contributed by atoms with van der Waals surface area (Å²) in [4.78, 5) is 12.3. The molecule has 0 aliphatic carbocycles. The van der Waals surface area contributed by atoms with Gasteiger partial charge >= 0.3 is 5.97 Å². The standard InChI is InChI=1S/C28H30ClNO6/c1-33-26-9-5-6-10-27(26)35-16-15-30-18-21(31)19-36-22-13-11-20(12-14-22)17-24(28(32)34-2)23-7-3-4-8-25(23)29/h3-14,17,21,30-31H,15-16,18-19H2,1-2H3/b24-17+. The van der Waals surface area contributed by atoms with E-state index in [1.54, 1.807) is 43.5 Å². The normalized spacial score (nSPS) is 12.1. The average Bonchev–Trinajstić information content (AvgIpc) is 2.91. The molecule has 0 saturated carbocycles. The Morgan fingerprint density at radius 2 is 1.67 bits per heavy atom. The van der Waals surface area contributed by atoms with Crippen LogP contribution in [0.3, 0.4) is 0 Å². The largest absolute Gasteiger partial charge is 0.493 e. The van der Waals surface area contributed by atoms with Gasteiger partial charge in [0.25, 0.3) is 0 Å². The lowest BCUT2D eigenvalue weighted by molar-refractivity contribution is -0.133. The van der Waals surface area contributed by atoms with E-state index in [9.17, 15) is 9.90 Å². The summed E-state index contributed by atoms with van der Waals surface area (Å²) in [6.07, 6.45) is 1.02. The van der Waals surface area contributed by atoms with Gasteiger partial charge in [0.1, 0.15) is 25.1 Å². The van der Waals surface area contributed by atoms with Gasteiger partial charge in [-0.15, -0.1) is 0 Å². The Bertz CT molecular complexity index is 1150. The number of halogens is 1. The van der Waals surface area contributed by atoms with E-state index < -0.39 is 12.1 Å². The molecule has 0 spiro atoms. The Kier molecular flexibility index (Phi) is 10.6. The third-order valence-corrected chi connectivity index (χ3v) is 5.52. The van der Waals surface area contributed by atoms with E-state index >= 15 is 0 Å². The molecule has 1 atom stereocenters. The number of aliphatic hydroxyl groups excluding tert-OH is 1. The second kappa shape index (κ2) is 14.1. The second-order valence-corrected chi connectivity index (χ2v) is 8.17. The summed E-state index contributed by atoms with van der Waals surface area (Å²) in [5.41, 5.74) is 1.73. The van der Waals surface area contributed by atoms with Crippen molar-refractivity contribution in [2.24, 2.45) is 0 Å². The van der Waals surface area contributed by atoms with Crippen LogP contribution in [0, 0.1) is 0 Å². The fourth-order valence-corrected chi connectivity index (χ4v) is 3.59. The molecule has 3 rings (SSSR count). The molecule has 0 heterocycles. The minimum atomic E-state index is -0.693. The van der Waals surface area contributed by atoms with Crippen molar-refractivity contribution in [1.29, 1.82) is 0 Å². The van der Waals surface area contributed by atoms with Gasteiger partial charge in [0.15, 0.2) is 11.5 Å². The van der Waals surface area contributed by atoms with Gasteiger partial charge < -0.3 is 29.4 Å². The number of rotatable bonds is 13. The Labute approximate surface area is 216 Å². The van der Waals surface area contributed by atoms with Crippen LogP contribution >= 0.6 is 11.6 Å². The molecular weight excluding hydrogens is 482 g/mol. The van der Waals surface area contributed by atoms with Crippen LogP contribution in [0.5, 0.6) is 17.2 Å². The zero-order valence-electron chi connectivity index (χ0n) is 20.3. The third kappa shape index (κ3) is 8.02. The molecule has 7 nitrogen and oxygen atoms in total. The van der Waals surface area contributed by atoms with Crippen LogP contribution in [0.2, 0.25) is 5.02 Å².